The Labute approximate surface area is 188 Å². The van der Waals surface area contributed by atoms with E-state index in [0.29, 0.717) is 26.2 Å². The van der Waals surface area contributed by atoms with Gasteiger partial charge in [0.05, 0.1) is 17.7 Å². The fourth-order valence-electron chi connectivity index (χ4n) is 4.28. The van der Waals surface area contributed by atoms with E-state index in [1.165, 1.54) is 12.1 Å². The van der Waals surface area contributed by atoms with Crippen LogP contribution in [0.5, 0.6) is 5.75 Å². The summed E-state index contributed by atoms with van der Waals surface area (Å²) in [5.41, 5.74) is 1.87. The zero-order valence-electron chi connectivity index (χ0n) is 18.2. The lowest BCUT2D eigenvalue weighted by atomic mass is 10.1. The number of hydrogen-bond donors (Lipinski definition) is 0. The number of sulfonamides is 1. The first-order valence-corrected chi connectivity index (χ1v) is 12.1. The number of carbonyl (C=O) groups is 2. The molecule has 170 valence electrons. The normalized spacial score (nSPS) is 19.4. The molecule has 2 aliphatic rings. The van der Waals surface area contributed by atoms with Crippen molar-refractivity contribution in [1.29, 1.82) is 0 Å². The number of benzene rings is 2. The number of aryl methyl sites for hydroxylation is 1. The van der Waals surface area contributed by atoms with E-state index in [1.807, 2.05) is 31.2 Å². The predicted octanol–water partition coefficient (Wildman–Crippen LogP) is 2.03. The lowest BCUT2D eigenvalue weighted by Crippen LogP contribution is -2.55. The molecular formula is C23H27N3O5S. The monoisotopic (exact) mass is 457 g/mol. The number of methoxy groups -OCH3 is 1. The second-order valence-electron chi connectivity index (χ2n) is 8.05. The molecule has 8 nitrogen and oxygen atoms in total. The largest absolute Gasteiger partial charge is 0.495 e. The Morgan fingerprint density at radius 3 is 2.31 bits per heavy atom. The molecule has 0 bridgehead atoms. The van der Waals surface area contributed by atoms with Gasteiger partial charge >= 0.3 is 0 Å². The highest BCUT2D eigenvalue weighted by molar-refractivity contribution is 7.89. The van der Waals surface area contributed by atoms with Crippen molar-refractivity contribution >= 4 is 27.5 Å². The Balaban J connectivity index is 1.49. The van der Waals surface area contributed by atoms with E-state index in [0.717, 1.165) is 21.3 Å². The molecule has 0 N–H and O–H groups in total. The molecule has 1 atom stereocenters. The molecule has 2 aromatic rings. The second-order valence-corrected chi connectivity index (χ2v) is 9.86. The van der Waals surface area contributed by atoms with Crippen LogP contribution in [0.4, 0.5) is 5.69 Å². The first-order valence-electron chi connectivity index (χ1n) is 10.6. The third kappa shape index (κ3) is 4.04. The Morgan fingerprint density at radius 2 is 1.66 bits per heavy atom. The molecule has 2 aliphatic heterocycles. The number of piperazine rings is 1. The molecule has 1 unspecified atom stereocenters. The van der Waals surface area contributed by atoms with Gasteiger partial charge in [-0.05, 0) is 37.6 Å². The molecule has 0 aliphatic carbocycles. The van der Waals surface area contributed by atoms with Crippen molar-refractivity contribution in [3.63, 3.8) is 0 Å². The van der Waals surface area contributed by atoms with Gasteiger partial charge in [-0.15, -0.1) is 0 Å². The van der Waals surface area contributed by atoms with Gasteiger partial charge in [-0.25, -0.2) is 12.7 Å². The van der Waals surface area contributed by atoms with Crippen molar-refractivity contribution in [2.45, 2.75) is 30.7 Å². The van der Waals surface area contributed by atoms with Crippen molar-refractivity contribution < 1.29 is 22.7 Å². The maximum atomic E-state index is 13.3. The standard InChI is InChI=1S/C23H27N3O5S/c1-17-7-9-18(10-8-17)32(29,30)26-20(11-12-22(26)27)23(28)25-15-13-24(14-16-25)19-5-3-4-6-21(19)31-2/h3-10,20H,11-16H2,1-2H3. The van der Waals surface area contributed by atoms with Crippen molar-refractivity contribution in [3.8, 4) is 5.75 Å². The maximum Gasteiger partial charge on any atom is 0.267 e. The molecule has 2 fully saturated rings. The summed E-state index contributed by atoms with van der Waals surface area (Å²) < 4.78 is 32.6. The van der Waals surface area contributed by atoms with Gasteiger partial charge in [0.2, 0.25) is 11.8 Å². The molecule has 0 aromatic heterocycles. The van der Waals surface area contributed by atoms with Gasteiger partial charge < -0.3 is 14.5 Å². The van der Waals surface area contributed by atoms with E-state index in [9.17, 15) is 18.0 Å². The number of rotatable bonds is 5. The second kappa shape index (κ2) is 8.82. The Morgan fingerprint density at radius 1 is 1.00 bits per heavy atom. The van der Waals surface area contributed by atoms with E-state index in [1.54, 1.807) is 24.1 Å². The minimum absolute atomic E-state index is 0.0251. The molecular weight excluding hydrogens is 430 g/mol. The Hall–Kier alpha value is -3.07. The van der Waals surface area contributed by atoms with Gasteiger partial charge in [0, 0.05) is 32.6 Å². The summed E-state index contributed by atoms with van der Waals surface area (Å²) in [4.78, 5) is 29.6. The molecule has 2 aromatic carbocycles. The van der Waals surface area contributed by atoms with Crippen LogP contribution < -0.4 is 9.64 Å². The SMILES string of the molecule is COc1ccccc1N1CCN(C(=O)C2CCC(=O)N2S(=O)(=O)c2ccc(C)cc2)CC1. The first-order chi connectivity index (χ1) is 15.3. The highest BCUT2D eigenvalue weighted by Crippen LogP contribution is 2.31. The summed E-state index contributed by atoms with van der Waals surface area (Å²) in [5, 5.41) is 0. The summed E-state index contributed by atoms with van der Waals surface area (Å²) in [7, 11) is -2.47. The van der Waals surface area contributed by atoms with Gasteiger partial charge in [0.1, 0.15) is 11.8 Å². The smallest absolute Gasteiger partial charge is 0.267 e. The fraction of sp³-hybridized carbons (Fsp3) is 0.391. The number of amides is 2. The number of carbonyl (C=O) groups excluding carboxylic acids is 2. The van der Waals surface area contributed by atoms with Crippen LogP contribution in [0.2, 0.25) is 0 Å². The van der Waals surface area contributed by atoms with Gasteiger partial charge in [-0.2, -0.15) is 0 Å². The van der Waals surface area contributed by atoms with Crippen LogP contribution in [0, 0.1) is 6.92 Å². The highest BCUT2D eigenvalue weighted by atomic mass is 32.2. The molecule has 0 saturated carbocycles. The topological polar surface area (TPSA) is 87.2 Å². The number of ether oxygens (including phenoxy) is 1. The summed E-state index contributed by atoms with van der Waals surface area (Å²) in [6, 6.07) is 13.0. The average molecular weight is 458 g/mol. The molecule has 2 saturated heterocycles. The van der Waals surface area contributed by atoms with E-state index < -0.39 is 22.0 Å². The number of anilines is 1. The van der Waals surface area contributed by atoms with E-state index in [4.69, 9.17) is 4.74 Å². The van der Waals surface area contributed by atoms with Crippen LogP contribution in [0.1, 0.15) is 18.4 Å². The van der Waals surface area contributed by atoms with Gasteiger partial charge in [-0.3, -0.25) is 9.59 Å². The van der Waals surface area contributed by atoms with Gasteiger partial charge in [-0.1, -0.05) is 29.8 Å². The van der Waals surface area contributed by atoms with Crippen molar-refractivity contribution in [2.75, 3.05) is 38.2 Å². The average Bonchev–Trinajstić information content (AvgIpc) is 3.21. The van der Waals surface area contributed by atoms with E-state index in [-0.39, 0.29) is 23.6 Å². The van der Waals surface area contributed by atoms with Crippen LogP contribution in [-0.4, -0.2) is 68.8 Å². The molecule has 0 spiro atoms. The zero-order valence-corrected chi connectivity index (χ0v) is 19.0. The molecule has 2 heterocycles. The minimum Gasteiger partial charge on any atom is -0.495 e. The van der Waals surface area contributed by atoms with Crippen LogP contribution in [0.3, 0.4) is 0 Å². The van der Waals surface area contributed by atoms with Gasteiger partial charge in [0.15, 0.2) is 0 Å². The molecule has 4 rings (SSSR count). The number of para-hydroxylation sites is 2. The van der Waals surface area contributed by atoms with E-state index in [2.05, 4.69) is 4.90 Å². The van der Waals surface area contributed by atoms with Crippen molar-refractivity contribution in [2.24, 2.45) is 0 Å². The highest BCUT2D eigenvalue weighted by Gasteiger charge is 2.45. The number of hydrogen-bond acceptors (Lipinski definition) is 6. The number of nitrogens with zero attached hydrogens (tertiary/aromatic N) is 3. The van der Waals surface area contributed by atoms with E-state index >= 15 is 0 Å². The van der Waals surface area contributed by atoms with Crippen LogP contribution in [0.15, 0.2) is 53.4 Å². The lowest BCUT2D eigenvalue weighted by molar-refractivity contribution is -0.138. The van der Waals surface area contributed by atoms with Crippen LogP contribution in [-0.2, 0) is 19.6 Å². The predicted molar refractivity (Wildman–Crippen MR) is 120 cm³/mol. The van der Waals surface area contributed by atoms with Crippen LogP contribution in [0.25, 0.3) is 0 Å². The summed E-state index contributed by atoms with van der Waals surface area (Å²) >= 11 is 0. The minimum atomic E-state index is -4.09. The Bertz CT molecular complexity index is 1110. The van der Waals surface area contributed by atoms with Crippen LogP contribution >= 0.6 is 0 Å². The van der Waals surface area contributed by atoms with Crippen molar-refractivity contribution in [1.82, 2.24) is 9.21 Å². The first kappa shape index (κ1) is 22.1. The molecule has 32 heavy (non-hydrogen) atoms. The quantitative estimate of drug-likeness (QED) is 0.683. The fourth-order valence-corrected chi connectivity index (χ4v) is 5.88. The molecule has 9 heteroatoms. The third-order valence-corrected chi connectivity index (χ3v) is 7.88. The molecule has 0 radical (unpaired) electrons. The summed E-state index contributed by atoms with van der Waals surface area (Å²) in [6.45, 7) is 3.93. The zero-order chi connectivity index (χ0) is 22.9. The maximum absolute atomic E-state index is 13.3. The molecule has 2 amide bonds. The summed E-state index contributed by atoms with van der Waals surface area (Å²) in [6.07, 6.45) is 0.248. The van der Waals surface area contributed by atoms with Gasteiger partial charge in [0.25, 0.3) is 10.0 Å². The lowest BCUT2D eigenvalue weighted by Gasteiger charge is -2.38. The van der Waals surface area contributed by atoms with Crippen molar-refractivity contribution in [3.05, 3.63) is 54.1 Å². The Kier molecular flexibility index (Phi) is 6.10. The third-order valence-electron chi connectivity index (χ3n) is 6.04. The summed E-state index contributed by atoms with van der Waals surface area (Å²) in [5.74, 6) is -0.0770.